The van der Waals surface area contributed by atoms with Crippen molar-refractivity contribution in [1.29, 1.82) is 0 Å². The molecular formula is C18H27NO3. The highest BCUT2D eigenvalue weighted by atomic mass is 16.6. The first-order valence-electron chi connectivity index (χ1n) is 8.31. The second-order valence-corrected chi connectivity index (χ2v) is 5.58. The Morgan fingerprint density at radius 2 is 1.86 bits per heavy atom. The van der Waals surface area contributed by atoms with E-state index in [1.165, 1.54) is 19.3 Å². The van der Waals surface area contributed by atoms with E-state index in [-0.39, 0.29) is 11.7 Å². The summed E-state index contributed by atoms with van der Waals surface area (Å²) in [5.74, 6) is 0.334. The van der Waals surface area contributed by atoms with E-state index in [4.69, 9.17) is 9.15 Å². The van der Waals surface area contributed by atoms with Gasteiger partial charge in [0.2, 0.25) is 5.75 Å². The zero-order chi connectivity index (χ0) is 15.8. The summed E-state index contributed by atoms with van der Waals surface area (Å²) >= 11 is 0. The Hall–Kier alpha value is -1.68. The summed E-state index contributed by atoms with van der Waals surface area (Å²) in [6, 6.07) is 7.41. The van der Waals surface area contributed by atoms with Gasteiger partial charge in [0, 0.05) is 6.54 Å². The van der Waals surface area contributed by atoms with Crippen LogP contribution < -0.4 is 4.74 Å². The number of benzene rings is 1. The molecular weight excluding hydrogens is 278 g/mol. The van der Waals surface area contributed by atoms with Crippen LogP contribution in [0.15, 0.2) is 28.7 Å². The van der Waals surface area contributed by atoms with Gasteiger partial charge in [-0.25, -0.2) is 0 Å². The molecule has 1 heterocycles. The molecule has 22 heavy (non-hydrogen) atoms. The molecule has 0 bridgehead atoms. The lowest BCUT2D eigenvalue weighted by molar-refractivity contribution is 0.204. The zero-order valence-electron chi connectivity index (χ0n) is 13.7. The summed E-state index contributed by atoms with van der Waals surface area (Å²) in [6.45, 7) is 8.21. The molecule has 0 aliphatic rings. The number of ether oxygens (including phenoxy) is 1. The van der Waals surface area contributed by atoms with Crippen molar-refractivity contribution in [3.8, 4) is 11.7 Å². The quantitative estimate of drug-likeness (QED) is 0.660. The zero-order valence-corrected chi connectivity index (χ0v) is 13.7. The first-order chi connectivity index (χ1) is 10.8. The van der Waals surface area contributed by atoms with Gasteiger partial charge in [-0.3, -0.25) is 0 Å². The van der Waals surface area contributed by atoms with E-state index < -0.39 is 0 Å². The topological polar surface area (TPSA) is 45.8 Å². The Kier molecular flexibility index (Phi) is 6.59. The van der Waals surface area contributed by atoms with E-state index >= 15 is 0 Å². The minimum absolute atomic E-state index is 0.103. The van der Waals surface area contributed by atoms with Crippen LogP contribution in [0, 0.1) is 0 Å². The van der Waals surface area contributed by atoms with Crippen molar-refractivity contribution in [3.05, 3.63) is 24.3 Å². The van der Waals surface area contributed by atoms with Gasteiger partial charge in [0.1, 0.15) is 5.58 Å². The summed E-state index contributed by atoms with van der Waals surface area (Å²) in [6.07, 6.45) is 4.73. The number of unbranched alkanes of at least 4 members (excludes halogenated alkanes) is 2. The van der Waals surface area contributed by atoms with Crippen molar-refractivity contribution in [1.82, 2.24) is 4.90 Å². The molecule has 1 aromatic carbocycles. The average Bonchev–Trinajstić information content (AvgIpc) is 2.86. The Bertz CT molecular complexity index is 564. The molecule has 122 valence electrons. The summed E-state index contributed by atoms with van der Waals surface area (Å²) in [7, 11) is 0. The highest BCUT2D eigenvalue weighted by Crippen LogP contribution is 2.37. The van der Waals surface area contributed by atoms with Gasteiger partial charge in [-0.2, -0.15) is 0 Å². The van der Waals surface area contributed by atoms with E-state index in [1.807, 2.05) is 24.3 Å². The second kappa shape index (κ2) is 8.69. The van der Waals surface area contributed by atoms with Crippen molar-refractivity contribution in [3.63, 3.8) is 0 Å². The van der Waals surface area contributed by atoms with Crippen LogP contribution in [0.5, 0.6) is 11.7 Å². The van der Waals surface area contributed by atoms with Crippen molar-refractivity contribution in [2.75, 3.05) is 26.2 Å². The molecule has 1 N–H and O–H groups in total. The van der Waals surface area contributed by atoms with Crippen LogP contribution in [0.2, 0.25) is 0 Å². The lowest BCUT2D eigenvalue weighted by atomic mass is 10.2. The van der Waals surface area contributed by atoms with Crippen LogP contribution in [0.4, 0.5) is 0 Å². The van der Waals surface area contributed by atoms with Crippen molar-refractivity contribution in [2.45, 2.75) is 39.5 Å². The molecule has 0 radical (unpaired) electrons. The number of hydrogen-bond donors (Lipinski definition) is 1. The maximum atomic E-state index is 10.1. The fraction of sp³-hybridized carbons (Fsp3) is 0.556. The van der Waals surface area contributed by atoms with E-state index in [0.29, 0.717) is 17.6 Å². The molecule has 2 rings (SSSR count). The molecule has 0 amide bonds. The molecule has 0 unspecified atom stereocenters. The number of hydrogen-bond acceptors (Lipinski definition) is 4. The molecule has 4 heteroatoms. The molecule has 1 aromatic heterocycles. The maximum Gasteiger partial charge on any atom is 0.329 e. The number of fused-ring (bicyclic) bond motifs is 1. The number of furan rings is 1. The van der Waals surface area contributed by atoms with Crippen LogP contribution in [0.25, 0.3) is 11.0 Å². The average molecular weight is 305 g/mol. The lowest BCUT2D eigenvalue weighted by Crippen LogP contribution is -2.26. The molecule has 0 fully saturated rings. The molecule has 0 atom stereocenters. The molecule has 0 saturated heterocycles. The standard InChI is InChI=1S/C18H27NO3/c1-3-5-8-12-19(4-2)13-9-14-21-18-17(20)15-10-6-7-11-16(15)22-18/h6-7,10-11,20H,3-5,8-9,12-14H2,1-2H3. The second-order valence-electron chi connectivity index (χ2n) is 5.58. The third-order valence-electron chi connectivity index (χ3n) is 3.92. The first-order valence-corrected chi connectivity index (χ1v) is 8.31. The third kappa shape index (κ3) is 4.41. The van der Waals surface area contributed by atoms with E-state index in [9.17, 15) is 5.11 Å². The monoisotopic (exact) mass is 305 g/mol. The van der Waals surface area contributed by atoms with Gasteiger partial charge in [0.15, 0.2) is 0 Å². The third-order valence-corrected chi connectivity index (χ3v) is 3.92. The Morgan fingerprint density at radius 3 is 2.59 bits per heavy atom. The van der Waals surface area contributed by atoms with Gasteiger partial charge in [-0.05, 0) is 38.1 Å². The number of aromatic hydroxyl groups is 1. The molecule has 2 aromatic rings. The smallest absolute Gasteiger partial charge is 0.329 e. The van der Waals surface area contributed by atoms with Crippen LogP contribution in [-0.2, 0) is 0 Å². The van der Waals surface area contributed by atoms with Crippen LogP contribution in [-0.4, -0.2) is 36.2 Å². The van der Waals surface area contributed by atoms with Crippen LogP contribution in [0.3, 0.4) is 0 Å². The fourth-order valence-electron chi connectivity index (χ4n) is 2.57. The molecule has 4 nitrogen and oxygen atoms in total. The SMILES string of the molecule is CCCCCN(CC)CCCOc1oc2ccccc2c1O. The number of para-hydroxylation sites is 1. The fourth-order valence-corrected chi connectivity index (χ4v) is 2.57. The predicted octanol–water partition coefficient (Wildman–Crippen LogP) is 4.42. The Labute approximate surface area is 132 Å². The highest BCUT2D eigenvalue weighted by Gasteiger charge is 2.13. The van der Waals surface area contributed by atoms with Gasteiger partial charge < -0.3 is 19.2 Å². The molecule has 0 aliphatic heterocycles. The van der Waals surface area contributed by atoms with Gasteiger partial charge in [-0.15, -0.1) is 0 Å². The van der Waals surface area contributed by atoms with Crippen molar-refractivity contribution < 1.29 is 14.3 Å². The lowest BCUT2D eigenvalue weighted by Gasteiger charge is -2.19. The van der Waals surface area contributed by atoms with Gasteiger partial charge in [0.05, 0.1) is 12.0 Å². The maximum absolute atomic E-state index is 10.1. The van der Waals surface area contributed by atoms with E-state index in [2.05, 4.69) is 18.7 Å². The van der Waals surface area contributed by atoms with Gasteiger partial charge >= 0.3 is 5.95 Å². The van der Waals surface area contributed by atoms with Gasteiger partial charge in [0.25, 0.3) is 0 Å². The predicted molar refractivity (Wildman–Crippen MR) is 89.6 cm³/mol. The van der Waals surface area contributed by atoms with Crippen LogP contribution >= 0.6 is 0 Å². The highest BCUT2D eigenvalue weighted by molar-refractivity contribution is 5.86. The Balaban J connectivity index is 1.76. The normalized spacial score (nSPS) is 11.4. The van der Waals surface area contributed by atoms with E-state index in [0.717, 1.165) is 26.1 Å². The Morgan fingerprint density at radius 1 is 1.09 bits per heavy atom. The van der Waals surface area contributed by atoms with Crippen LogP contribution in [0.1, 0.15) is 39.5 Å². The number of rotatable bonds is 10. The largest absolute Gasteiger partial charge is 0.501 e. The summed E-state index contributed by atoms with van der Waals surface area (Å²) < 4.78 is 11.1. The molecule has 0 spiro atoms. The molecule has 0 aliphatic carbocycles. The minimum atomic E-state index is 0.103. The summed E-state index contributed by atoms with van der Waals surface area (Å²) in [5, 5.41) is 10.8. The van der Waals surface area contributed by atoms with E-state index in [1.54, 1.807) is 0 Å². The summed E-state index contributed by atoms with van der Waals surface area (Å²) in [4.78, 5) is 2.44. The first kappa shape index (κ1) is 16.7. The molecule has 0 saturated carbocycles. The van der Waals surface area contributed by atoms with Gasteiger partial charge in [-0.1, -0.05) is 38.8 Å². The van der Waals surface area contributed by atoms with Crippen molar-refractivity contribution in [2.24, 2.45) is 0 Å². The summed E-state index contributed by atoms with van der Waals surface area (Å²) in [5.41, 5.74) is 0.657. The van der Waals surface area contributed by atoms with Crippen molar-refractivity contribution >= 4 is 11.0 Å². The minimum Gasteiger partial charge on any atom is -0.501 e. The number of nitrogens with zero attached hydrogens (tertiary/aromatic N) is 1.